The minimum atomic E-state index is -4.17. The van der Waals surface area contributed by atoms with Gasteiger partial charge in [0.15, 0.2) is 0 Å². The molecule has 0 aromatic rings. The van der Waals surface area contributed by atoms with Gasteiger partial charge in [0.25, 0.3) is 0 Å². The first kappa shape index (κ1) is 6.75. The zero-order chi connectivity index (χ0) is 6.08. The molecule has 0 bridgehead atoms. The lowest BCUT2D eigenvalue weighted by molar-refractivity contribution is -0.227. The van der Waals surface area contributed by atoms with Crippen LogP contribution in [0.25, 0.3) is 0 Å². The van der Waals surface area contributed by atoms with Crippen molar-refractivity contribution in [3.8, 4) is 0 Å². The summed E-state index contributed by atoms with van der Waals surface area (Å²) in [7, 11) is 1.92. The number of halogens is 3. The van der Waals surface area contributed by atoms with Crippen LogP contribution >= 0.6 is 0 Å². The summed E-state index contributed by atoms with van der Waals surface area (Å²) < 4.78 is 33.3. The molecule has 0 unspecified atom stereocenters. The maximum absolute atomic E-state index is 11.1. The number of rotatable bonds is 0. The Morgan fingerprint density at radius 3 is 1.29 bits per heavy atom. The van der Waals surface area contributed by atoms with Gasteiger partial charge in [0.2, 0.25) is 0 Å². The molecule has 0 N–H and O–H groups in total. The standard InChI is InChI=1S/C3H6F3N/c1-7(2)3(4,5)6/h1-2H3. The average molecular weight is 113 g/mol. The molecule has 0 radical (unpaired) electrons. The van der Waals surface area contributed by atoms with Crippen LogP contribution in [0.1, 0.15) is 0 Å². The van der Waals surface area contributed by atoms with Gasteiger partial charge < -0.3 is 0 Å². The Balaban J connectivity index is 3.54. The molecule has 44 valence electrons. The van der Waals surface area contributed by atoms with Crippen molar-refractivity contribution in [2.24, 2.45) is 0 Å². The van der Waals surface area contributed by atoms with Gasteiger partial charge in [-0.1, -0.05) is 0 Å². The smallest absolute Gasteiger partial charge is 0.220 e. The third-order valence-corrected chi connectivity index (χ3v) is 0.507. The van der Waals surface area contributed by atoms with E-state index < -0.39 is 6.30 Å². The monoisotopic (exact) mass is 113 g/mol. The summed E-state index contributed by atoms with van der Waals surface area (Å²) in [6.07, 6.45) is -4.17. The first-order valence-electron chi connectivity index (χ1n) is 1.68. The lowest BCUT2D eigenvalue weighted by atomic mass is 10.9. The van der Waals surface area contributed by atoms with Crippen molar-refractivity contribution in [2.45, 2.75) is 6.30 Å². The molecular weight excluding hydrogens is 107 g/mol. The molecule has 0 aromatic heterocycles. The van der Waals surface area contributed by atoms with Gasteiger partial charge in [-0.3, -0.25) is 0 Å². The topological polar surface area (TPSA) is 3.24 Å². The molecule has 0 atom stereocenters. The highest BCUT2D eigenvalue weighted by Crippen LogP contribution is 2.15. The molecule has 0 spiro atoms. The fourth-order valence-corrected chi connectivity index (χ4v) is 0. The van der Waals surface area contributed by atoms with Gasteiger partial charge in [-0.05, 0) is 14.1 Å². The van der Waals surface area contributed by atoms with Crippen LogP contribution in [0.3, 0.4) is 0 Å². The van der Waals surface area contributed by atoms with Crippen molar-refractivity contribution in [1.29, 1.82) is 0 Å². The van der Waals surface area contributed by atoms with E-state index in [1.165, 1.54) is 0 Å². The van der Waals surface area contributed by atoms with E-state index in [9.17, 15) is 13.2 Å². The summed E-state index contributed by atoms with van der Waals surface area (Å²) in [6, 6.07) is 0. The van der Waals surface area contributed by atoms with E-state index in [0.717, 1.165) is 14.1 Å². The summed E-state index contributed by atoms with van der Waals surface area (Å²) >= 11 is 0. The van der Waals surface area contributed by atoms with E-state index in [0.29, 0.717) is 0 Å². The molecule has 0 fully saturated rings. The number of hydrogen-bond acceptors (Lipinski definition) is 1. The molecule has 0 saturated carbocycles. The van der Waals surface area contributed by atoms with Crippen molar-refractivity contribution < 1.29 is 13.2 Å². The van der Waals surface area contributed by atoms with Gasteiger partial charge in [-0.15, -0.1) is 0 Å². The molecular formula is C3H6F3N. The molecule has 1 nitrogen and oxygen atoms in total. The highest BCUT2D eigenvalue weighted by Gasteiger charge is 2.30. The quantitative estimate of drug-likeness (QED) is 0.425. The Kier molecular flexibility index (Phi) is 1.63. The number of hydrogen-bond donors (Lipinski definition) is 0. The molecule has 0 aliphatic heterocycles. The fraction of sp³-hybridized carbons (Fsp3) is 1.00. The highest BCUT2D eigenvalue weighted by atomic mass is 19.4. The summed E-state index contributed by atoms with van der Waals surface area (Å²) in [4.78, 5) is 0.188. The maximum Gasteiger partial charge on any atom is 0.459 e. The SMILES string of the molecule is CN(C)C(F)(F)F. The largest absolute Gasteiger partial charge is 0.459 e. The Morgan fingerprint density at radius 1 is 1.14 bits per heavy atom. The van der Waals surface area contributed by atoms with Crippen LogP contribution in [0.15, 0.2) is 0 Å². The van der Waals surface area contributed by atoms with Crippen molar-refractivity contribution in [1.82, 2.24) is 4.90 Å². The van der Waals surface area contributed by atoms with Crippen LogP contribution in [0.4, 0.5) is 13.2 Å². The van der Waals surface area contributed by atoms with E-state index in [1.54, 1.807) is 0 Å². The minimum Gasteiger partial charge on any atom is -0.220 e. The summed E-state index contributed by atoms with van der Waals surface area (Å²) in [5.74, 6) is 0. The zero-order valence-electron chi connectivity index (χ0n) is 4.08. The third-order valence-electron chi connectivity index (χ3n) is 0.507. The number of alkyl halides is 3. The molecule has 4 heteroatoms. The minimum absolute atomic E-state index is 0.188. The van der Waals surface area contributed by atoms with Crippen LogP contribution < -0.4 is 0 Å². The predicted octanol–water partition coefficient (Wildman–Crippen LogP) is 1.07. The summed E-state index contributed by atoms with van der Waals surface area (Å²) in [6.45, 7) is 0. The summed E-state index contributed by atoms with van der Waals surface area (Å²) in [5.41, 5.74) is 0. The van der Waals surface area contributed by atoms with E-state index in [1.807, 2.05) is 0 Å². The molecule has 0 heterocycles. The second-order valence-electron chi connectivity index (χ2n) is 1.36. The Bertz CT molecular complexity index is 55.7. The maximum atomic E-state index is 11.1. The molecule has 0 rings (SSSR count). The first-order valence-corrected chi connectivity index (χ1v) is 1.68. The lowest BCUT2D eigenvalue weighted by Crippen LogP contribution is -2.29. The molecule has 0 saturated heterocycles. The summed E-state index contributed by atoms with van der Waals surface area (Å²) in [5, 5.41) is 0. The Hall–Kier alpha value is -0.250. The van der Waals surface area contributed by atoms with Crippen LogP contribution in [-0.2, 0) is 0 Å². The van der Waals surface area contributed by atoms with E-state index in [4.69, 9.17) is 0 Å². The normalized spacial score (nSPS) is 12.9. The van der Waals surface area contributed by atoms with E-state index in [2.05, 4.69) is 0 Å². The van der Waals surface area contributed by atoms with Crippen LogP contribution in [0, 0.1) is 0 Å². The van der Waals surface area contributed by atoms with Crippen LogP contribution in [0.5, 0.6) is 0 Å². The fourth-order valence-electron chi connectivity index (χ4n) is 0. The lowest BCUT2D eigenvalue weighted by Gasteiger charge is -2.12. The molecule has 7 heavy (non-hydrogen) atoms. The van der Waals surface area contributed by atoms with Gasteiger partial charge in [-0.2, -0.15) is 13.2 Å². The Labute approximate surface area is 39.7 Å². The molecule has 0 amide bonds. The first-order chi connectivity index (χ1) is 2.94. The highest BCUT2D eigenvalue weighted by molar-refractivity contribution is 4.40. The van der Waals surface area contributed by atoms with Crippen LogP contribution in [0.2, 0.25) is 0 Å². The second-order valence-corrected chi connectivity index (χ2v) is 1.36. The van der Waals surface area contributed by atoms with E-state index in [-0.39, 0.29) is 4.90 Å². The molecule has 0 aliphatic rings. The van der Waals surface area contributed by atoms with Crippen molar-refractivity contribution in [3.05, 3.63) is 0 Å². The van der Waals surface area contributed by atoms with Gasteiger partial charge in [0.05, 0.1) is 0 Å². The van der Waals surface area contributed by atoms with Crippen LogP contribution in [-0.4, -0.2) is 25.3 Å². The predicted molar refractivity (Wildman–Crippen MR) is 19.7 cm³/mol. The van der Waals surface area contributed by atoms with Gasteiger partial charge >= 0.3 is 6.30 Å². The number of nitrogens with zero attached hydrogens (tertiary/aromatic N) is 1. The van der Waals surface area contributed by atoms with Gasteiger partial charge in [0.1, 0.15) is 0 Å². The molecule has 0 aromatic carbocycles. The van der Waals surface area contributed by atoms with Crippen molar-refractivity contribution >= 4 is 0 Å². The van der Waals surface area contributed by atoms with Crippen molar-refractivity contribution in [3.63, 3.8) is 0 Å². The van der Waals surface area contributed by atoms with E-state index >= 15 is 0 Å². The Morgan fingerprint density at radius 2 is 1.29 bits per heavy atom. The second kappa shape index (κ2) is 1.69. The average Bonchev–Trinajstić information content (AvgIpc) is 1.31. The van der Waals surface area contributed by atoms with Gasteiger partial charge in [0, 0.05) is 0 Å². The third kappa shape index (κ3) is 2.45. The van der Waals surface area contributed by atoms with Gasteiger partial charge in [-0.25, -0.2) is 4.90 Å². The zero-order valence-corrected chi connectivity index (χ0v) is 4.08. The molecule has 0 aliphatic carbocycles. The van der Waals surface area contributed by atoms with Crippen molar-refractivity contribution in [2.75, 3.05) is 14.1 Å².